The highest BCUT2D eigenvalue weighted by molar-refractivity contribution is 6.39. The minimum atomic E-state index is -0.718. The molecule has 0 saturated carbocycles. The zero-order chi connectivity index (χ0) is 13.7. The lowest BCUT2D eigenvalue weighted by Gasteiger charge is -2.10. The summed E-state index contributed by atoms with van der Waals surface area (Å²) >= 11 is 11.7. The molecule has 0 bridgehead atoms. The largest absolute Gasteiger partial charge is 0.452 e. The first-order chi connectivity index (χ1) is 8.41. The van der Waals surface area contributed by atoms with Crippen molar-refractivity contribution in [3.05, 3.63) is 33.8 Å². The van der Waals surface area contributed by atoms with Crippen LogP contribution in [0.1, 0.15) is 24.2 Å². The Hall–Kier alpha value is -1.26. The summed E-state index contributed by atoms with van der Waals surface area (Å²) < 4.78 is 4.83. The monoisotopic (exact) mass is 289 g/mol. The molecular weight excluding hydrogens is 277 g/mol. The molecule has 0 radical (unpaired) electrons. The van der Waals surface area contributed by atoms with Crippen molar-refractivity contribution >= 4 is 35.1 Å². The van der Waals surface area contributed by atoms with Crippen LogP contribution in [0, 0.1) is 0 Å². The maximum absolute atomic E-state index is 11.7. The maximum atomic E-state index is 11.7. The summed E-state index contributed by atoms with van der Waals surface area (Å²) in [6, 6.07) is 4.66. The molecule has 0 aliphatic heterocycles. The number of benzene rings is 1. The summed E-state index contributed by atoms with van der Waals surface area (Å²) in [7, 11) is 0. The van der Waals surface area contributed by atoms with Crippen LogP contribution in [0.5, 0.6) is 0 Å². The number of carbonyl (C=O) groups excluding carboxylic acids is 2. The van der Waals surface area contributed by atoms with Crippen LogP contribution in [0.3, 0.4) is 0 Å². The number of hydrogen-bond donors (Lipinski definition) is 1. The van der Waals surface area contributed by atoms with Gasteiger partial charge in [-0.15, -0.1) is 0 Å². The molecule has 4 nitrogen and oxygen atoms in total. The van der Waals surface area contributed by atoms with Gasteiger partial charge in [0.05, 0.1) is 15.6 Å². The van der Waals surface area contributed by atoms with Gasteiger partial charge in [0.1, 0.15) is 0 Å². The van der Waals surface area contributed by atoms with Crippen LogP contribution in [0.25, 0.3) is 0 Å². The van der Waals surface area contributed by atoms with E-state index < -0.39 is 5.97 Å². The third-order valence-corrected chi connectivity index (χ3v) is 2.58. The second kappa shape index (κ2) is 6.61. The van der Waals surface area contributed by atoms with Gasteiger partial charge in [-0.2, -0.15) is 0 Å². The minimum absolute atomic E-state index is 0.0138. The fraction of sp³-hybridized carbons (Fsp3) is 0.333. The van der Waals surface area contributed by atoms with Gasteiger partial charge in [0.15, 0.2) is 6.61 Å². The molecule has 18 heavy (non-hydrogen) atoms. The van der Waals surface area contributed by atoms with E-state index >= 15 is 0 Å². The van der Waals surface area contributed by atoms with E-state index in [-0.39, 0.29) is 34.2 Å². The third-order valence-electron chi connectivity index (χ3n) is 1.95. The van der Waals surface area contributed by atoms with Crippen molar-refractivity contribution in [2.45, 2.75) is 19.9 Å². The molecule has 0 unspecified atom stereocenters. The number of halogens is 2. The van der Waals surface area contributed by atoms with Gasteiger partial charge in [0, 0.05) is 6.04 Å². The van der Waals surface area contributed by atoms with Crippen LogP contribution in [-0.4, -0.2) is 24.5 Å². The Morgan fingerprint density at radius 2 is 1.83 bits per heavy atom. The Labute approximate surface area is 115 Å². The smallest absolute Gasteiger partial charge is 0.341 e. The predicted molar refractivity (Wildman–Crippen MR) is 70.0 cm³/mol. The topological polar surface area (TPSA) is 55.4 Å². The fourth-order valence-corrected chi connectivity index (χ4v) is 1.81. The van der Waals surface area contributed by atoms with E-state index in [0.717, 1.165) is 0 Å². The number of amides is 1. The molecule has 1 amide bonds. The lowest BCUT2D eigenvalue weighted by molar-refractivity contribution is -0.124. The zero-order valence-corrected chi connectivity index (χ0v) is 11.5. The highest BCUT2D eigenvalue weighted by Crippen LogP contribution is 2.24. The molecule has 0 spiro atoms. The average molecular weight is 290 g/mol. The first-order valence-corrected chi connectivity index (χ1v) is 6.08. The molecule has 0 aliphatic rings. The van der Waals surface area contributed by atoms with Crippen LogP contribution in [0.2, 0.25) is 10.0 Å². The van der Waals surface area contributed by atoms with Crippen molar-refractivity contribution in [3.63, 3.8) is 0 Å². The highest BCUT2D eigenvalue weighted by atomic mass is 35.5. The Morgan fingerprint density at radius 3 is 2.33 bits per heavy atom. The first kappa shape index (κ1) is 14.8. The molecule has 0 aliphatic carbocycles. The molecule has 98 valence electrons. The lowest BCUT2D eigenvalue weighted by atomic mass is 10.2. The highest BCUT2D eigenvalue weighted by Gasteiger charge is 2.17. The second-order valence-corrected chi connectivity index (χ2v) is 4.71. The Morgan fingerprint density at radius 1 is 1.28 bits per heavy atom. The molecule has 0 fully saturated rings. The summed E-state index contributed by atoms with van der Waals surface area (Å²) in [4.78, 5) is 23.0. The minimum Gasteiger partial charge on any atom is -0.452 e. The van der Waals surface area contributed by atoms with Crippen molar-refractivity contribution in [3.8, 4) is 0 Å². The fourth-order valence-electron chi connectivity index (χ4n) is 1.26. The quantitative estimate of drug-likeness (QED) is 0.867. The third kappa shape index (κ3) is 4.20. The average Bonchev–Trinajstić information content (AvgIpc) is 2.25. The van der Waals surface area contributed by atoms with Crippen LogP contribution in [0.15, 0.2) is 18.2 Å². The number of esters is 1. The predicted octanol–water partition coefficient (Wildman–Crippen LogP) is 2.67. The zero-order valence-electron chi connectivity index (χ0n) is 10.00. The summed E-state index contributed by atoms with van der Waals surface area (Å²) in [6.07, 6.45) is 0. The van der Waals surface area contributed by atoms with E-state index in [1.165, 1.54) is 12.1 Å². The molecule has 6 heteroatoms. The lowest BCUT2D eigenvalue weighted by Crippen LogP contribution is -2.34. The summed E-state index contributed by atoms with van der Waals surface area (Å²) in [5.74, 6) is -1.09. The van der Waals surface area contributed by atoms with E-state index in [9.17, 15) is 9.59 Å². The molecular formula is C12H13Cl2NO3. The molecule has 0 aromatic heterocycles. The van der Waals surface area contributed by atoms with Crippen LogP contribution >= 0.6 is 23.2 Å². The molecule has 0 atom stereocenters. The van der Waals surface area contributed by atoms with Gasteiger partial charge in [-0.1, -0.05) is 29.3 Å². The Balaban J connectivity index is 2.64. The van der Waals surface area contributed by atoms with E-state index in [1.54, 1.807) is 6.07 Å². The second-order valence-electron chi connectivity index (χ2n) is 3.90. The summed E-state index contributed by atoms with van der Waals surface area (Å²) in [5, 5.41) is 2.98. The van der Waals surface area contributed by atoms with Gasteiger partial charge >= 0.3 is 5.97 Å². The Bertz CT molecular complexity index is 440. The van der Waals surface area contributed by atoms with Crippen LogP contribution < -0.4 is 5.32 Å². The first-order valence-electron chi connectivity index (χ1n) is 5.32. The molecule has 1 N–H and O–H groups in total. The molecule has 1 aromatic carbocycles. The van der Waals surface area contributed by atoms with E-state index in [4.69, 9.17) is 27.9 Å². The standard InChI is InChI=1S/C12H13Cl2NO3/c1-7(2)15-10(16)6-18-12(17)11-8(13)4-3-5-9(11)14/h3-5,7H,6H2,1-2H3,(H,15,16). The van der Waals surface area contributed by atoms with Crippen molar-refractivity contribution in [2.75, 3.05) is 6.61 Å². The normalized spacial score (nSPS) is 10.3. The van der Waals surface area contributed by atoms with Crippen molar-refractivity contribution in [1.82, 2.24) is 5.32 Å². The van der Waals surface area contributed by atoms with Gasteiger partial charge in [0.25, 0.3) is 5.91 Å². The summed E-state index contributed by atoms with van der Waals surface area (Å²) in [6.45, 7) is 3.26. The number of rotatable bonds is 4. The molecule has 0 saturated heterocycles. The van der Waals surface area contributed by atoms with Gasteiger partial charge in [0.2, 0.25) is 0 Å². The molecule has 0 heterocycles. The SMILES string of the molecule is CC(C)NC(=O)COC(=O)c1c(Cl)cccc1Cl. The number of hydrogen-bond acceptors (Lipinski definition) is 3. The van der Waals surface area contributed by atoms with E-state index in [0.29, 0.717) is 0 Å². The summed E-state index contributed by atoms with van der Waals surface area (Å²) in [5.41, 5.74) is 0.0678. The number of ether oxygens (including phenoxy) is 1. The van der Waals surface area contributed by atoms with Gasteiger partial charge in [-0.3, -0.25) is 4.79 Å². The Kier molecular flexibility index (Phi) is 5.44. The number of carbonyl (C=O) groups is 2. The van der Waals surface area contributed by atoms with Crippen LogP contribution in [0.4, 0.5) is 0 Å². The van der Waals surface area contributed by atoms with E-state index in [1.807, 2.05) is 13.8 Å². The van der Waals surface area contributed by atoms with Crippen molar-refractivity contribution < 1.29 is 14.3 Å². The maximum Gasteiger partial charge on any atom is 0.341 e. The van der Waals surface area contributed by atoms with Crippen molar-refractivity contribution in [2.24, 2.45) is 0 Å². The van der Waals surface area contributed by atoms with Gasteiger partial charge < -0.3 is 10.1 Å². The van der Waals surface area contributed by atoms with Gasteiger partial charge in [-0.25, -0.2) is 4.79 Å². The van der Waals surface area contributed by atoms with E-state index in [2.05, 4.69) is 5.32 Å². The van der Waals surface area contributed by atoms with Gasteiger partial charge in [-0.05, 0) is 26.0 Å². The van der Waals surface area contributed by atoms with Crippen LogP contribution in [-0.2, 0) is 9.53 Å². The van der Waals surface area contributed by atoms with Crippen molar-refractivity contribution in [1.29, 1.82) is 0 Å². The molecule has 1 aromatic rings. The number of nitrogens with one attached hydrogen (secondary N) is 1. The molecule has 1 rings (SSSR count).